The van der Waals surface area contributed by atoms with E-state index in [1.54, 1.807) is 25.6 Å². The largest absolute Gasteiger partial charge is 0.497 e. The maximum atomic E-state index is 12.1. The highest BCUT2D eigenvalue weighted by Gasteiger charge is 2.03. The van der Waals surface area contributed by atoms with E-state index >= 15 is 0 Å². The third kappa shape index (κ3) is 7.13. The lowest BCUT2D eigenvalue weighted by Gasteiger charge is -2.10. The van der Waals surface area contributed by atoms with E-state index in [9.17, 15) is 4.79 Å². The zero-order chi connectivity index (χ0) is 21.0. The number of pyridine rings is 1. The number of ether oxygens (including phenoxy) is 2. The Morgan fingerprint density at radius 1 is 0.967 bits per heavy atom. The van der Waals surface area contributed by atoms with Crippen molar-refractivity contribution in [2.45, 2.75) is 25.9 Å². The first-order valence-corrected chi connectivity index (χ1v) is 10.0. The van der Waals surface area contributed by atoms with E-state index in [4.69, 9.17) is 9.47 Å². The Morgan fingerprint density at radius 3 is 2.60 bits per heavy atom. The van der Waals surface area contributed by atoms with Crippen molar-refractivity contribution in [1.29, 1.82) is 0 Å². The summed E-state index contributed by atoms with van der Waals surface area (Å²) in [7, 11) is 1.66. The molecule has 3 aromatic rings. The Morgan fingerprint density at radius 2 is 1.83 bits per heavy atom. The lowest BCUT2D eigenvalue weighted by atomic mass is 10.1. The number of amides is 2. The molecule has 0 spiro atoms. The van der Waals surface area contributed by atoms with Crippen LogP contribution in [-0.4, -0.2) is 24.7 Å². The normalized spacial score (nSPS) is 10.3. The van der Waals surface area contributed by atoms with Crippen LogP contribution in [0, 0.1) is 0 Å². The van der Waals surface area contributed by atoms with Crippen molar-refractivity contribution in [1.82, 2.24) is 10.3 Å². The topological polar surface area (TPSA) is 72.5 Å². The van der Waals surface area contributed by atoms with E-state index in [-0.39, 0.29) is 6.03 Å². The Kier molecular flexibility index (Phi) is 8.09. The third-order valence-corrected chi connectivity index (χ3v) is 4.56. The minimum atomic E-state index is -0.219. The van der Waals surface area contributed by atoms with Crippen LogP contribution in [0.15, 0.2) is 73.1 Å². The number of carbonyl (C=O) groups excluding carboxylic acids is 1. The summed E-state index contributed by atoms with van der Waals surface area (Å²) < 4.78 is 10.9. The zero-order valence-corrected chi connectivity index (χ0v) is 17.1. The first-order valence-electron chi connectivity index (χ1n) is 10.0. The fraction of sp³-hybridized carbons (Fsp3) is 0.250. The van der Waals surface area contributed by atoms with Gasteiger partial charge in [0.25, 0.3) is 0 Å². The number of benzene rings is 2. The van der Waals surface area contributed by atoms with E-state index in [1.165, 1.54) is 5.56 Å². The van der Waals surface area contributed by atoms with Crippen molar-refractivity contribution in [2.75, 3.05) is 19.0 Å². The zero-order valence-electron chi connectivity index (χ0n) is 17.1. The highest BCUT2D eigenvalue weighted by Crippen LogP contribution is 2.18. The second-order valence-electron chi connectivity index (χ2n) is 6.86. The number of carbonyl (C=O) groups is 1. The van der Waals surface area contributed by atoms with Gasteiger partial charge in [-0.05, 0) is 55.2 Å². The molecular weight excluding hydrogens is 378 g/mol. The lowest BCUT2D eigenvalue weighted by molar-refractivity contribution is 0.252. The van der Waals surface area contributed by atoms with Crippen LogP contribution in [0.25, 0.3) is 0 Å². The minimum absolute atomic E-state index is 0.219. The van der Waals surface area contributed by atoms with Gasteiger partial charge in [0.05, 0.1) is 7.11 Å². The quantitative estimate of drug-likeness (QED) is 0.475. The third-order valence-electron chi connectivity index (χ3n) is 4.56. The molecule has 0 aliphatic rings. The van der Waals surface area contributed by atoms with Crippen molar-refractivity contribution in [3.8, 4) is 11.5 Å². The van der Waals surface area contributed by atoms with E-state index < -0.39 is 0 Å². The van der Waals surface area contributed by atoms with Crippen LogP contribution in [0.2, 0.25) is 0 Å². The molecule has 6 heteroatoms. The standard InChI is InChI=1S/C24H27N3O3/c1-29-22-12-10-19(11-13-22)6-2-3-15-26-24(28)27-21-8-4-9-23(16-21)30-18-20-7-5-14-25-17-20/h4-5,7-14,16-17H,2-3,6,15,18H2,1H3,(H2,26,27,28). The van der Waals surface area contributed by atoms with Gasteiger partial charge in [-0.3, -0.25) is 4.98 Å². The number of urea groups is 1. The molecule has 2 aromatic carbocycles. The van der Waals surface area contributed by atoms with Crippen LogP contribution >= 0.6 is 0 Å². The maximum Gasteiger partial charge on any atom is 0.319 e. The summed E-state index contributed by atoms with van der Waals surface area (Å²) in [5.41, 5.74) is 2.95. The summed E-state index contributed by atoms with van der Waals surface area (Å²) in [4.78, 5) is 16.2. The number of aromatic nitrogens is 1. The smallest absolute Gasteiger partial charge is 0.319 e. The molecule has 0 saturated carbocycles. The van der Waals surface area contributed by atoms with Crippen LogP contribution in [-0.2, 0) is 13.0 Å². The molecule has 2 N–H and O–H groups in total. The first-order chi connectivity index (χ1) is 14.7. The summed E-state index contributed by atoms with van der Waals surface area (Å²) in [5, 5.41) is 5.74. The molecule has 0 atom stereocenters. The Bertz CT molecular complexity index is 914. The van der Waals surface area contributed by atoms with Crippen LogP contribution in [0.3, 0.4) is 0 Å². The van der Waals surface area contributed by atoms with Crippen LogP contribution in [0.4, 0.5) is 10.5 Å². The number of nitrogens with one attached hydrogen (secondary N) is 2. The van der Waals surface area contributed by atoms with Gasteiger partial charge >= 0.3 is 6.03 Å². The summed E-state index contributed by atoms with van der Waals surface area (Å²) in [6.07, 6.45) is 6.39. The van der Waals surface area contributed by atoms with Crippen LogP contribution < -0.4 is 20.1 Å². The number of anilines is 1. The molecule has 0 aliphatic heterocycles. The second kappa shape index (κ2) is 11.5. The predicted octanol–water partition coefficient (Wildman–Crippen LogP) is 4.81. The highest BCUT2D eigenvalue weighted by molar-refractivity contribution is 5.89. The van der Waals surface area contributed by atoms with Crippen molar-refractivity contribution >= 4 is 11.7 Å². The lowest BCUT2D eigenvalue weighted by Crippen LogP contribution is -2.29. The molecular formula is C24H27N3O3. The molecule has 0 aliphatic carbocycles. The molecule has 0 bridgehead atoms. The predicted molar refractivity (Wildman–Crippen MR) is 118 cm³/mol. The van der Waals surface area contributed by atoms with Gasteiger partial charge in [0, 0.05) is 36.3 Å². The number of unbranched alkanes of at least 4 members (excludes halogenated alkanes) is 1. The van der Waals surface area contributed by atoms with Crippen molar-refractivity contribution in [3.63, 3.8) is 0 Å². The summed E-state index contributed by atoms with van der Waals surface area (Å²) in [6.45, 7) is 1.05. The second-order valence-corrected chi connectivity index (χ2v) is 6.86. The molecule has 6 nitrogen and oxygen atoms in total. The summed E-state index contributed by atoms with van der Waals surface area (Å²) >= 11 is 0. The van der Waals surface area contributed by atoms with Gasteiger partial charge in [0.15, 0.2) is 0 Å². The first kappa shape index (κ1) is 21.2. The minimum Gasteiger partial charge on any atom is -0.497 e. The van der Waals surface area contributed by atoms with Crippen molar-refractivity contribution < 1.29 is 14.3 Å². The van der Waals surface area contributed by atoms with Crippen molar-refractivity contribution in [3.05, 3.63) is 84.2 Å². The molecule has 1 heterocycles. The van der Waals surface area contributed by atoms with Gasteiger partial charge in [-0.1, -0.05) is 24.3 Å². The molecule has 30 heavy (non-hydrogen) atoms. The molecule has 0 fully saturated rings. The molecule has 0 saturated heterocycles. The Hall–Kier alpha value is -3.54. The monoisotopic (exact) mass is 405 g/mol. The van der Waals surface area contributed by atoms with E-state index in [0.29, 0.717) is 24.6 Å². The molecule has 2 amide bonds. The average Bonchev–Trinajstić information content (AvgIpc) is 2.79. The Balaban J connectivity index is 1.35. The van der Waals surface area contributed by atoms with Gasteiger partial charge in [0.2, 0.25) is 0 Å². The number of hydrogen-bond acceptors (Lipinski definition) is 4. The Labute approximate surface area is 177 Å². The summed E-state index contributed by atoms with van der Waals surface area (Å²) in [6, 6.07) is 19.0. The fourth-order valence-corrected chi connectivity index (χ4v) is 2.94. The van der Waals surface area contributed by atoms with E-state index in [2.05, 4.69) is 27.8 Å². The van der Waals surface area contributed by atoms with E-state index in [0.717, 1.165) is 30.6 Å². The highest BCUT2D eigenvalue weighted by atomic mass is 16.5. The fourth-order valence-electron chi connectivity index (χ4n) is 2.94. The van der Waals surface area contributed by atoms with Gasteiger partial charge in [-0.15, -0.1) is 0 Å². The maximum absolute atomic E-state index is 12.1. The van der Waals surface area contributed by atoms with Crippen molar-refractivity contribution in [2.24, 2.45) is 0 Å². The summed E-state index contributed by atoms with van der Waals surface area (Å²) in [5.74, 6) is 1.56. The number of nitrogens with zero attached hydrogens (tertiary/aromatic N) is 1. The van der Waals surface area contributed by atoms with Gasteiger partial charge in [-0.25, -0.2) is 4.79 Å². The van der Waals surface area contributed by atoms with Gasteiger partial charge in [0.1, 0.15) is 18.1 Å². The molecule has 0 unspecified atom stereocenters. The average molecular weight is 405 g/mol. The number of methoxy groups -OCH3 is 1. The molecule has 0 radical (unpaired) electrons. The molecule has 156 valence electrons. The van der Waals surface area contributed by atoms with Gasteiger partial charge in [-0.2, -0.15) is 0 Å². The molecule has 3 rings (SSSR count). The van der Waals surface area contributed by atoms with Crippen LogP contribution in [0.5, 0.6) is 11.5 Å². The van der Waals surface area contributed by atoms with E-state index in [1.807, 2.05) is 42.5 Å². The number of aryl methyl sites for hydroxylation is 1. The number of hydrogen-bond donors (Lipinski definition) is 2. The van der Waals surface area contributed by atoms with Gasteiger partial charge < -0.3 is 20.1 Å². The number of rotatable bonds is 10. The molecule has 1 aromatic heterocycles. The van der Waals surface area contributed by atoms with Crippen LogP contribution in [0.1, 0.15) is 24.0 Å². The SMILES string of the molecule is COc1ccc(CCCCNC(=O)Nc2cccc(OCc3cccnc3)c2)cc1.